The lowest BCUT2D eigenvalue weighted by Gasteiger charge is -2.12. The molecule has 2 unspecified atom stereocenters. The fourth-order valence-corrected chi connectivity index (χ4v) is 3.16. The van der Waals surface area contributed by atoms with Crippen LogP contribution in [0.1, 0.15) is 35.3 Å². The number of aliphatic carboxylic acids is 1. The largest absolute Gasteiger partial charge is 0.481 e. The topological polar surface area (TPSA) is 82.2 Å². The Morgan fingerprint density at radius 3 is 2.76 bits per heavy atom. The number of carbonyl (C=O) groups is 2. The van der Waals surface area contributed by atoms with Crippen molar-refractivity contribution in [2.75, 3.05) is 0 Å². The SMILES string of the molecule is Cc1[nH]c2ccccc2c1C(=O)NC1CCC(C(=O)O)C1. The monoisotopic (exact) mass is 286 g/mol. The lowest BCUT2D eigenvalue weighted by molar-refractivity contribution is -0.141. The number of aromatic nitrogens is 1. The zero-order valence-electron chi connectivity index (χ0n) is 11.8. The Hall–Kier alpha value is -2.30. The number of aromatic amines is 1. The minimum atomic E-state index is -0.768. The Kier molecular flexibility index (Phi) is 3.41. The van der Waals surface area contributed by atoms with Gasteiger partial charge in [0.25, 0.3) is 5.91 Å². The molecule has 110 valence electrons. The Balaban J connectivity index is 1.79. The van der Waals surface area contributed by atoms with E-state index in [0.29, 0.717) is 18.4 Å². The molecule has 3 N–H and O–H groups in total. The number of aryl methyl sites for hydroxylation is 1. The average Bonchev–Trinajstić information content (AvgIpc) is 3.01. The van der Waals surface area contributed by atoms with E-state index in [0.717, 1.165) is 23.0 Å². The quantitative estimate of drug-likeness (QED) is 0.810. The van der Waals surface area contributed by atoms with Crippen LogP contribution in [0.5, 0.6) is 0 Å². The van der Waals surface area contributed by atoms with Gasteiger partial charge in [0.2, 0.25) is 0 Å². The number of fused-ring (bicyclic) bond motifs is 1. The van der Waals surface area contributed by atoms with E-state index >= 15 is 0 Å². The van der Waals surface area contributed by atoms with Crippen molar-refractivity contribution < 1.29 is 14.7 Å². The van der Waals surface area contributed by atoms with Crippen LogP contribution in [-0.4, -0.2) is 28.0 Å². The first kappa shape index (κ1) is 13.7. The molecule has 0 bridgehead atoms. The van der Waals surface area contributed by atoms with Crippen LogP contribution in [0.4, 0.5) is 0 Å². The van der Waals surface area contributed by atoms with Gasteiger partial charge < -0.3 is 15.4 Å². The Morgan fingerprint density at radius 2 is 2.05 bits per heavy atom. The number of nitrogens with one attached hydrogen (secondary N) is 2. The molecule has 0 spiro atoms. The van der Waals surface area contributed by atoms with Crippen LogP contribution < -0.4 is 5.32 Å². The van der Waals surface area contributed by atoms with E-state index in [2.05, 4.69) is 10.3 Å². The molecule has 1 saturated carbocycles. The van der Waals surface area contributed by atoms with E-state index in [1.165, 1.54) is 0 Å². The number of carboxylic acid groups (broad SMARTS) is 1. The normalized spacial score (nSPS) is 21.6. The van der Waals surface area contributed by atoms with Crippen LogP contribution in [0, 0.1) is 12.8 Å². The minimum absolute atomic E-state index is 0.0494. The molecule has 1 aromatic heterocycles. The molecular weight excluding hydrogens is 268 g/mol. The molecule has 0 saturated heterocycles. The molecule has 5 nitrogen and oxygen atoms in total. The summed E-state index contributed by atoms with van der Waals surface area (Å²) in [4.78, 5) is 26.7. The molecule has 21 heavy (non-hydrogen) atoms. The second-order valence-corrected chi connectivity index (χ2v) is 5.69. The van der Waals surface area contributed by atoms with Gasteiger partial charge in [-0.1, -0.05) is 18.2 Å². The van der Waals surface area contributed by atoms with Gasteiger partial charge in [-0.05, 0) is 32.3 Å². The van der Waals surface area contributed by atoms with E-state index in [9.17, 15) is 9.59 Å². The third-order valence-corrected chi connectivity index (χ3v) is 4.24. The summed E-state index contributed by atoms with van der Waals surface area (Å²) in [5.74, 6) is -1.23. The van der Waals surface area contributed by atoms with Crippen molar-refractivity contribution in [3.8, 4) is 0 Å². The standard InChI is InChI=1S/C16H18N2O3/c1-9-14(12-4-2-3-5-13(12)17-9)15(19)18-11-7-6-10(8-11)16(20)21/h2-5,10-11,17H,6-8H2,1H3,(H,18,19)(H,20,21). The van der Waals surface area contributed by atoms with Crippen LogP contribution in [0.15, 0.2) is 24.3 Å². The van der Waals surface area contributed by atoms with E-state index in [4.69, 9.17) is 5.11 Å². The molecule has 1 heterocycles. The van der Waals surface area contributed by atoms with Crippen molar-refractivity contribution in [3.63, 3.8) is 0 Å². The Labute approximate surface area is 122 Å². The summed E-state index contributed by atoms with van der Waals surface area (Å²) in [5, 5.41) is 12.9. The molecule has 2 atom stereocenters. The highest BCUT2D eigenvalue weighted by Crippen LogP contribution is 2.27. The van der Waals surface area contributed by atoms with Gasteiger partial charge in [-0.2, -0.15) is 0 Å². The van der Waals surface area contributed by atoms with Gasteiger partial charge in [-0.25, -0.2) is 0 Å². The second kappa shape index (κ2) is 5.24. The van der Waals surface area contributed by atoms with Gasteiger partial charge in [0.15, 0.2) is 0 Å². The first-order valence-electron chi connectivity index (χ1n) is 7.17. The minimum Gasteiger partial charge on any atom is -0.481 e. The van der Waals surface area contributed by atoms with E-state index < -0.39 is 5.97 Å². The van der Waals surface area contributed by atoms with Crippen LogP contribution in [0.3, 0.4) is 0 Å². The fraction of sp³-hybridized carbons (Fsp3) is 0.375. The van der Waals surface area contributed by atoms with Crippen molar-refractivity contribution in [2.24, 2.45) is 5.92 Å². The van der Waals surface area contributed by atoms with Gasteiger partial charge in [-0.15, -0.1) is 0 Å². The molecule has 3 rings (SSSR count). The highest BCUT2D eigenvalue weighted by atomic mass is 16.4. The molecule has 1 aromatic carbocycles. The first-order chi connectivity index (χ1) is 10.1. The lowest BCUT2D eigenvalue weighted by Crippen LogP contribution is -2.33. The summed E-state index contributed by atoms with van der Waals surface area (Å²) >= 11 is 0. The lowest BCUT2D eigenvalue weighted by atomic mass is 10.1. The summed E-state index contributed by atoms with van der Waals surface area (Å²) < 4.78 is 0. The first-order valence-corrected chi connectivity index (χ1v) is 7.17. The Bertz CT molecular complexity index is 705. The van der Waals surface area contributed by atoms with Crippen LogP contribution in [0.25, 0.3) is 10.9 Å². The van der Waals surface area contributed by atoms with E-state index in [1.54, 1.807) is 0 Å². The van der Waals surface area contributed by atoms with Crippen LogP contribution >= 0.6 is 0 Å². The summed E-state index contributed by atoms with van der Waals surface area (Å²) in [7, 11) is 0. The summed E-state index contributed by atoms with van der Waals surface area (Å²) in [6, 6.07) is 7.64. The summed E-state index contributed by atoms with van der Waals surface area (Å²) in [5.41, 5.74) is 2.43. The van der Waals surface area contributed by atoms with Crippen molar-refractivity contribution in [2.45, 2.75) is 32.2 Å². The highest BCUT2D eigenvalue weighted by molar-refractivity contribution is 6.08. The summed E-state index contributed by atoms with van der Waals surface area (Å²) in [6.45, 7) is 1.88. The van der Waals surface area contributed by atoms with Crippen molar-refractivity contribution in [1.82, 2.24) is 10.3 Å². The number of carbonyl (C=O) groups excluding carboxylic acids is 1. The zero-order chi connectivity index (χ0) is 15.0. The molecule has 1 fully saturated rings. The number of hydrogen-bond acceptors (Lipinski definition) is 2. The van der Waals surface area contributed by atoms with Gasteiger partial charge in [-0.3, -0.25) is 9.59 Å². The van der Waals surface area contributed by atoms with Crippen LogP contribution in [-0.2, 0) is 4.79 Å². The smallest absolute Gasteiger partial charge is 0.306 e. The number of hydrogen-bond donors (Lipinski definition) is 3. The number of H-pyrrole nitrogens is 1. The summed E-state index contributed by atoms with van der Waals surface area (Å²) in [6.07, 6.45) is 1.87. The molecule has 0 aliphatic heterocycles. The fourth-order valence-electron chi connectivity index (χ4n) is 3.16. The van der Waals surface area contributed by atoms with Gasteiger partial charge in [0.05, 0.1) is 11.5 Å². The molecule has 1 aliphatic rings. The number of carboxylic acids is 1. The second-order valence-electron chi connectivity index (χ2n) is 5.69. The average molecular weight is 286 g/mol. The van der Waals surface area contributed by atoms with Gasteiger partial charge >= 0.3 is 5.97 Å². The number of benzene rings is 1. The molecule has 0 radical (unpaired) electrons. The highest BCUT2D eigenvalue weighted by Gasteiger charge is 2.31. The third kappa shape index (κ3) is 2.51. The third-order valence-electron chi connectivity index (χ3n) is 4.24. The predicted molar refractivity (Wildman–Crippen MR) is 79.3 cm³/mol. The van der Waals surface area contributed by atoms with E-state index in [-0.39, 0.29) is 17.9 Å². The molecule has 1 aliphatic carbocycles. The maximum atomic E-state index is 12.5. The molecule has 5 heteroatoms. The number of rotatable bonds is 3. The van der Waals surface area contributed by atoms with E-state index in [1.807, 2.05) is 31.2 Å². The molecular formula is C16H18N2O3. The van der Waals surface area contributed by atoms with Gasteiger partial charge in [0.1, 0.15) is 0 Å². The molecule has 1 amide bonds. The number of amides is 1. The zero-order valence-corrected chi connectivity index (χ0v) is 11.8. The molecule has 2 aromatic rings. The number of para-hydroxylation sites is 1. The Morgan fingerprint density at radius 1 is 1.29 bits per heavy atom. The van der Waals surface area contributed by atoms with Crippen molar-refractivity contribution in [1.29, 1.82) is 0 Å². The maximum Gasteiger partial charge on any atom is 0.306 e. The maximum absolute atomic E-state index is 12.5. The van der Waals surface area contributed by atoms with Gasteiger partial charge in [0, 0.05) is 22.6 Å². The predicted octanol–water partition coefficient (Wildman–Crippen LogP) is 2.46. The van der Waals surface area contributed by atoms with Crippen molar-refractivity contribution in [3.05, 3.63) is 35.5 Å². The van der Waals surface area contributed by atoms with Crippen LogP contribution in [0.2, 0.25) is 0 Å². The van der Waals surface area contributed by atoms with Crippen molar-refractivity contribution >= 4 is 22.8 Å².